The van der Waals surface area contributed by atoms with Gasteiger partial charge in [0.1, 0.15) is 5.82 Å². The predicted molar refractivity (Wildman–Crippen MR) is 141 cm³/mol. The van der Waals surface area contributed by atoms with Crippen molar-refractivity contribution in [1.29, 1.82) is 0 Å². The van der Waals surface area contributed by atoms with Crippen molar-refractivity contribution in [3.05, 3.63) is 78.8 Å². The van der Waals surface area contributed by atoms with E-state index in [0.717, 1.165) is 59.0 Å². The van der Waals surface area contributed by atoms with E-state index < -0.39 is 0 Å². The fourth-order valence-corrected chi connectivity index (χ4v) is 4.21. The van der Waals surface area contributed by atoms with E-state index in [1.54, 1.807) is 0 Å². The second kappa shape index (κ2) is 11.1. The standard InChI is InChI=1S/C28H34N6/c1-5-21(19-34(3)4)22-11-9-12-23(16-22)27-30-18-25(26-14-8-10-20(2)31-26)28(33-27)32-24-13-6-7-15-29-17-24/h5,8-12,14,16,18-19,24,29H,1,6-7,13,15,17H2,2-4H3,(H,30,32,33)/b21-19+. The number of nitrogens with zero attached hydrogens (tertiary/aromatic N) is 4. The summed E-state index contributed by atoms with van der Waals surface area (Å²) in [6.45, 7) is 7.98. The lowest BCUT2D eigenvalue weighted by Crippen LogP contribution is -2.31. The topological polar surface area (TPSA) is 66.0 Å². The van der Waals surface area contributed by atoms with Crippen LogP contribution in [-0.4, -0.2) is 53.1 Å². The van der Waals surface area contributed by atoms with Gasteiger partial charge in [-0.25, -0.2) is 9.97 Å². The molecule has 3 heterocycles. The predicted octanol–water partition coefficient (Wildman–Crippen LogP) is 5.16. The lowest BCUT2D eigenvalue weighted by molar-refractivity contribution is 0.566. The van der Waals surface area contributed by atoms with Crippen LogP contribution in [0.25, 0.3) is 28.2 Å². The van der Waals surface area contributed by atoms with E-state index in [1.165, 1.54) is 12.8 Å². The molecule has 2 aromatic heterocycles. The molecular weight excluding hydrogens is 420 g/mol. The van der Waals surface area contributed by atoms with Gasteiger partial charge in [0.15, 0.2) is 5.82 Å². The molecule has 4 rings (SSSR count). The summed E-state index contributed by atoms with van der Waals surface area (Å²) in [5.41, 5.74) is 5.88. The molecule has 0 amide bonds. The van der Waals surface area contributed by atoms with Gasteiger partial charge in [0.25, 0.3) is 0 Å². The van der Waals surface area contributed by atoms with Gasteiger partial charge in [0, 0.05) is 50.3 Å². The van der Waals surface area contributed by atoms with Crippen LogP contribution in [0.15, 0.2) is 67.5 Å². The van der Waals surface area contributed by atoms with Gasteiger partial charge < -0.3 is 15.5 Å². The molecule has 0 aliphatic carbocycles. The molecule has 3 aromatic rings. The van der Waals surface area contributed by atoms with E-state index in [9.17, 15) is 0 Å². The Labute approximate surface area is 202 Å². The third-order valence-electron chi connectivity index (χ3n) is 5.91. The molecule has 1 aromatic carbocycles. The van der Waals surface area contributed by atoms with Crippen LogP contribution in [0.1, 0.15) is 30.5 Å². The van der Waals surface area contributed by atoms with Gasteiger partial charge in [-0.1, -0.05) is 43.3 Å². The molecule has 1 fully saturated rings. The smallest absolute Gasteiger partial charge is 0.161 e. The van der Waals surface area contributed by atoms with Crippen LogP contribution in [0.5, 0.6) is 0 Å². The van der Waals surface area contributed by atoms with Crippen molar-refractivity contribution in [2.24, 2.45) is 0 Å². The molecule has 176 valence electrons. The molecular formula is C28H34N6. The highest BCUT2D eigenvalue weighted by molar-refractivity contribution is 5.78. The Kier molecular flexibility index (Phi) is 7.70. The van der Waals surface area contributed by atoms with Crippen molar-refractivity contribution in [3.8, 4) is 22.6 Å². The molecule has 2 N–H and O–H groups in total. The number of benzene rings is 1. The molecule has 6 nitrogen and oxygen atoms in total. The van der Waals surface area contributed by atoms with Crippen LogP contribution < -0.4 is 10.6 Å². The maximum absolute atomic E-state index is 5.02. The first kappa shape index (κ1) is 23.6. The molecule has 34 heavy (non-hydrogen) atoms. The Balaban J connectivity index is 1.74. The third kappa shape index (κ3) is 5.88. The number of anilines is 1. The fraction of sp³-hybridized carbons (Fsp3) is 0.321. The third-order valence-corrected chi connectivity index (χ3v) is 5.91. The lowest BCUT2D eigenvalue weighted by Gasteiger charge is -2.20. The van der Waals surface area contributed by atoms with Gasteiger partial charge in [-0.05, 0) is 55.6 Å². The molecule has 1 unspecified atom stereocenters. The van der Waals surface area contributed by atoms with E-state index in [1.807, 2.05) is 62.5 Å². The van der Waals surface area contributed by atoms with E-state index >= 15 is 0 Å². The largest absolute Gasteiger partial charge is 0.383 e. The number of nitrogens with one attached hydrogen (secondary N) is 2. The van der Waals surface area contributed by atoms with Crippen LogP contribution in [0, 0.1) is 6.92 Å². The number of aryl methyl sites for hydroxylation is 1. The van der Waals surface area contributed by atoms with Crippen molar-refractivity contribution < 1.29 is 0 Å². The quantitative estimate of drug-likeness (QED) is 0.481. The van der Waals surface area contributed by atoms with E-state index in [0.29, 0.717) is 11.9 Å². The minimum absolute atomic E-state index is 0.315. The maximum atomic E-state index is 5.02. The van der Waals surface area contributed by atoms with Crippen molar-refractivity contribution in [2.75, 3.05) is 32.5 Å². The molecule has 1 aliphatic heterocycles. The summed E-state index contributed by atoms with van der Waals surface area (Å²) >= 11 is 0. The molecule has 1 aliphatic rings. The highest BCUT2D eigenvalue weighted by Gasteiger charge is 2.18. The zero-order valence-corrected chi connectivity index (χ0v) is 20.4. The van der Waals surface area contributed by atoms with Crippen molar-refractivity contribution in [1.82, 2.24) is 25.2 Å². The monoisotopic (exact) mass is 454 g/mol. The van der Waals surface area contributed by atoms with Crippen LogP contribution >= 0.6 is 0 Å². The summed E-state index contributed by atoms with van der Waals surface area (Å²) < 4.78 is 0. The number of rotatable bonds is 7. The number of hydrogen-bond acceptors (Lipinski definition) is 6. The summed E-state index contributed by atoms with van der Waals surface area (Å²) in [4.78, 5) is 16.5. The second-order valence-corrected chi connectivity index (χ2v) is 8.99. The summed E-state index contributed by atoms with van der Waals surface area (Å²) in [5.74, 6) is 1.52. The summed E-state index contributed by atoms with van der Waals surface area (Å²) in [6, 6.07) is 14.7. The van der Waals surface area contributed by atoms with Gasteiger partial charge in [-0.3, -0.25) is 4.98 Å². The zero-order valence-electron chi connectivity index (χ0n) is 20.4. The minimum Gasteiger partial charge on any atom is -0.383 e. The van der Waals surface area contributed by atoms with Crippen LogP contribution in [0.3, 0.4) is 0 Å². The number of aromatic nitrogens is 3. The van der Waals surface area contributed by atoms with E-state index in [-0.39, 0.29) is 0 Å². The zero-order chi connectivity index (χ0) is 23.9. The Morgan fingerprint density at radius 3 is 2.79 bits per heavy atom. The van der Waals surface area contributed by atoms with Gasteiger partial charge >= 0.3 is 0 Å². The van der Waals surface area contributed by atoms with Gasteiger partial charge in [-0.2, -0.15) is 0 Å². The molecule has 6 heteroatoms. The first-order valence-electron chi connectivity index (χ1n) is 11.9. The summed E-state index contributed by atoms with van der Waals surface area (Å²) in [6.07, 6.45) is 9.35. The van der Waals surface area contributed by atoms with E-state index in [4.69, 9.17) is 15.0 Å². The molecule has 0 radical (unpaired) electrons. The molecule has 1 saturated heterocycles. The average Bonchev–Trinajstić information content (AvgIpc) is 3.11. The second-order valence-electron chi connectivity index (χ2n) is 8.99. The van der Waals surface area contributed by atoms with Gasteiger partial charge in [0.2, 0.25) is 0 Å². The van der Waals surface area contributed by atoms with Crippen molar-refractivity contribution >= 4 is 11.4 Å². The first-order chi connectivity index (χ1) is 16.5. The molecule has 1 atom stereocenters. The fourth-order valence-electron chi connectivity index (χ4n) is 4.21. The van der Waals surface area contributed by atoms with Crippen LogP contribution in [0.2, 0.25) is 0 Å². The Morgan fingerprint density at radius 1 is 1.15 bits per heavy atom. The highest BCUT2D eigenvalue weighted by Crippen LogP contribution is 2.29. The van der Waals surface area contributed by atoms with Crippen molar-refractivity contribution in [2.45, 2.75) is 32.2 Å². The summed E-state index contributed by atoms with van der Waals surface area (Å²) in [5, 5.41) is 7.24. The molecule has 0 saturated carbocycles. The highest BCUT2D eigenvalue weighted by atomic mass is 15.1. The Hall–Kier alpha value is -3.51. The number of pyridine rings is 1. The maximum Gasteiger partial charge on any atom is 0.161 e. The van der Waals surface area contributed by atoms with Crippen LogP contribution in [-0.2, 0) is 0 Å². The van der Waals surface area contributed by atoms with Gasteiger partial charge in [0.05, 0.1) is 11.3 Å². The minimum atomic E-state index is 0.315. The van der Waals surface area contributed by atoms with E-state index in [2.05, 4.69) is 41.6 Å². The molecule has 0 bridgehead atoms. The molecule has 0 spiro atoms. The van der Waals surface area contributed by atoms with Crippen LogP contribution in [0.4, 0.5) is 5.82 Å². The lowest BCUT2D eigenvalue weighted by atomic mass is 10.0. The Bertz CT molecular complexity index is 1160. The first-order valence-corrected chi connectivity index (χ1v) is 11.9. The SMILES string of the molecule is C=C/C(=C\N(C)C)c1cccc(-c2ncc(-c3cccc(C)n3)c(NC3CCCCNC3)n2)c1. The average molecular weight is 455 g/mol. The normalized spacial score (nSPS) is 16.6. The summed E-state index contributed by atoms with van der Waals surface area (Å²) in [7, 11) is 4.02. The van der Waals surface area contributed by atoms with Crippen molar-refractivity contribution in [3.63, 3.8) is 0 Å². The Morgan fingerprint density at radius 2 is 2.00 bits per heavy atom. The number of allylic oxidation sites excluding steroid dienone is 2. The number of hydrogen-bond donors (Lipinski definition) is 2. The van der Waals surface area contributed by atoms with Gasteiger partial charge in [-0.15, -0.1) is 0 Å².